The van der Waals surface area contributed by atoms with Gasteiger partial charge in [-0.3, -0.25) is 9.20 Å². The molecule has 3 aromatic rings. The van der Waals surface area contributed by atoms with Gasteiger partial charge in [0.05, 0.1) is 11.4 Å². The van der Waals surface area contributed by atoms with Gasteiger partial charge in [-0.1, -0.05) is 25.1 Å². The number of aryl methyl sites for hydroxylation is 1. The van der Waals surface area contributed by atoms with Gasteiger partial charge in [-0.05, 0) is 58.6 Å². The lowest BCUT2D eigenvalue weighted by Gasteiger charge is -2.32. The second kappa shape index (κ2) is 8.02. The van der Waals surface area contributed by atoms with Gasteiger partial charge in [0.15, 0.2) is 0 Å². The predicted octanol–water partition coefficient (Wildman–Crippen LogP) is 4.98. The Morgan fingerprint density at radius 2 is 1.94 bits per heavy atom. The van der Waals surface area contributed by atoms with E-state index in [0.29, 0.717) is 30.3 Å². The summed E-state index contributed by atoms with van der Waals surface area (Å²) in [6.07, 6.45) is 3.83. The summed E-state index contributed by atoms with van der Waals surface area (Å²) in [6, 6.07) is 6.08. The average molecular weight is 424 g/mol. The van der Waals surface area contributed by atoms with Crippen molar-refractivity contribution in [2.75, 3.05) is 18.4 Å². The number of nitrogens with one attached hydrogen (secondary N) is 1. The second-order valence-electron chi connectivity index (χ2n) is 9.87. The molecule has 1 N–H and O–H groups in total. The molecule has 0 atom stereocenters. The van der Waals surface area contributed by atoms with E-state index < -0.39 is 0 Å². The topological polar surface area (TPSA) is 75.7 Å². The highest BCUT2D eigenvalue weighted by Crippen LogP contribution is 2.35. The SMILES string of the molecule is Cc1onc(C(C)C)c1C(=O)N1CCC(c2nc3ccccn3c2NC(C)(C)C)CC1. The van der Waals surface area contributed by atoms with Crippen LogP contribution < -0.4 is 5.32 Å². The molecule has 1 fully saturated rings. The van der Waals surface area contributed by atoms with Crippen molar-refractivity contribution in [2.45, 2.75) is 71.8 Å². The maximum Gasteiger partial charge on any atom is 0.259 e. The Morgan fingerprint density at radius 1 is 1.23 bits per heavy atom. The molecule has 0 aliphatic carbocycles. The van der Waals surface area contributed by atoms with Gasteiger partial charge in [0.1, 0.15) is 22.8 Å². The van der Waals surface area contributed by atoms with E-state index in [9.17, 15) is 4.79 Å². The lowest BCUT2D eigenvalue weighted by Crippen LogP contribution is -2.39. The summed E-state index contributed by atoms with van der Waals surface area (Å²) in [5.41, 5.74) is 3.36. The van der Waals surface area contributed by atoms with Crippen LogP contribution in [0.4, 0.5) is 5.82 Å². The fourth-order valence-electron chi connectivity index (χ4n) is 4.34. The number of fused-ring (bicyclic) bond motifs is 1. The van der Waals surface area contributed by atoms with E-state index in [1.165, 1.54) is 0 Å². The Hall–Kier alpha value is -2.83. The van der Waals surface area contributed by atoms with Gasteiger partial charge in [-0.15, -0.1) is 0 Å². The Bertz CT molecular complexity index is 1080. The first-order valence-electron chi connectivity index (χ1n) is 11.2. The van der Waals surface area contributed by atoms with Crippen LogP contribution in [0.25, 0.3) is 5.65 Å². The highest BCUT2D eigenvalue weighted by Gasteiger charge is 2.32. The lowest BCUT2D eigenvalue weighted by atomic mass is 9.92. The standard InChI is InChI=1S/C24H33N5O2/c1-15(2)20-19(16(3)31-27-20)23(30)28-13-10-17(11-14-28)21-22(26-24(4,5)6)29-12-8-7-9-18(29)25-21/h7-9,12,15,17,26H,10-11,13-14H2,1-6H3. The Balaban J connectivity index is 1.56. The van der Waals surface area contributed by atoms with Crippen molar-refractivity contribution >= 4 is 17.4 Å². The van der Waals surface area contributed by atoms with Crippen LogP contribution >= 0.6 is 0 Å². The van der Waals surface area contributed by atoms with Crippen molar-refractivity contribution in [3.05, 3.63) is 47.1 Å². The minimum atomic E-state index is -0.0731. The number of aromatic nitrogens is 3. The van der Waals surface area contributed by atoms with Crippen LogP contribution in [0.2, 0.25) is 0 Å². The van der Waals surface area contributed by atoms with Crippen LogP contribution in [-0.4, -0.2) is 44.0 Å². The van der Waals surface area contributed by atoms with Gasteiger partial charge in [0.2, 0.25) is 0 Å². The molecule has 1 aliphatic rings. The summed E-state index contributed by atoms with van der Waals surface area (Å²) < 4.78 is 7.47. The highest BCUT2D eigenvalue weighted by molar-refractivity contribution is 5.96. The quantitative estimate of drug-likeness (QED) is 0.640. The Morgan fingerprint density at radius 3 is 2.58 bits per heavy atom. The predicted molar refractivity (Wildman–Crippen MR) is 122 cm³/mol. The van der Waals surface area contributed by atoms with E-state index in [0.717, 1.165) is 35.7 Å². The lowest BCUT2D eigenvalue weighted by molar-refractivity contribution is 0.0709. The fourth-order valence-corrected chi connectivity index (χ4v) is 4.34. The van der Waals surface area contributed by atoms with Crippen molar-refractivity contribution < 1.29 is 9.32 Å². The number of carbonyl (C=O) groups excluding carboxylic acids is 1. The molecule has 166 valence electrons. The maximum atomic E-state index is 13.2. The van der Waals surface area contributed by atoms with Crippen LogP contribution in [0.5, 0.6) is 0 Å². The smallest absolute Gasteiger partial charge is 0.259 e. The van der Waals surface area contributed by atoms with Crippen LogP contribution in [0.3, 0.4) is 0 Å². The number of carbonyl (C=O) groups is 1. The molecular weight excluding hydrogens is 390 g/mol. The zero-order chi connectivity index (χ0) is 22.3. The molecule has 4 rings (SSSR count). The summed E-state index contributed by atoms with van der Waals surface area (Å²) in [6.45, 7) is 13.8. The van der Waals surface area contributed by atoms with E-state index in [2.05, 4.69) is 41.8 Å². The normalized spacial score (nSPS) is 15.8. The molecule has 4 heterocycles. The number of hydrogen-bond donors (Lipinski definition) is 1. The molecule has 7 nitrogen and oxygen atoms in total. The molecular formula is C24H33N5O2. The maximum absolute atomic E-state index is 13.2. The van der Waals surface area contributed by atoms with E-state index in [1.54, 1.807) is 0 Å². The van der Waals surface area contributed by atoms with Gasteiger partial charge in [-0.2, -0.15) is 0 Å². The van der Waals surface area contributed by atoms with Crippen LogP contribution in [0.15, 0.2) is 28.9 Å². The van der Waals surface area contributed by atoms with E-state index in [1.807, 2.05) is 43.9 Å². The van der Waals surface area contributed by atoms with Crippen molar-refractivity contribution in [3.63, 3.8) is 0 Å². The number of likely N-dealkylation sites (tertiary alicyclic amines) is 1. The Labute approximate surface area is 183 Å². The van der Waals surface area contributed by atoms with Crippen LogP contribution in [-0.2, 0) is 0 Å². The average Bonchev–Trinajstić information content (AvgIpc) is 3.27. The highest BCUT2D eigenvalue weighted by atomic mass is 16.5. The molecule has 1 amide bonds. The molecule has 1 saturated heterocycles. The molecule has 7 heteroatoms. The van der Waals surface area contributed by atoms with Crippen molar-refractivity contribution in [1.82, 2.24) is 19.4 Å². The van der Waals surface area contributed by atoms with Crippen molar-refractivity contribution in [1.29, 1.82) is 0 Å². The van der Waals surface area contributed by atoms with E-state index in [4.69, 9.17) is 9.51 Å². The molecule has 3 aromatic heterocycles. The summed E-state index contributed by atoms with van der Waals surface area (Å²) in [7, 11) is 0. The summed E-state index contributed by atoms with van der Waals surface area (Å²) >= 11 is 0. The monoisotopic (exact) mass is 423 g/mol. The van der Waals surface area contributed by atoms with Gasteiger partial charge in [0.25, 0.3) is 5.91 Å². The molecule has 0 saturated carbocycles. The first-order valence-corrected chi connectivity index (χ1v) is 11.2. The van der Waals surface area contributed by atoms with Crippen LogP contribution in [0.1, 0.15) is 86.8 Å². The number of imidazole rings is 1. The van der Waals surface area contributed by atoms with Crippen LogP contribution in [0, 0.1) is 6.92 Å². The zero-order valence-electron chi connectivity index (χ0n) is 19.4. The molecule has 0 spiro atoms. The second-order valence-corrected chi connectivity index (χ2v) is 9.87. The number of rotatable bonds is 4. The molecule has 0 bridgehead atoms. The molecule has 0 radical (unpaired) electrons. The first kappa shape index (κ1) is 21.4. The molecule has 1 aliphatic heterocycles. The third-order valence-corrected chi connectivity index (χ3v) is 5.87. The third kappa shape index (κ3) is 4.18. The number of nitrogens with zero attached hydrogens (tertiary/aromatic N) is 4. The molecule has 31 heavy (non-hydrogen) atoms. The number of piperidine rings is 1. The van der Waals surface area contributed by atoms with E-state index >= 15 is 0 Å². The van der Waals surface area contributed by atoms with Crippen molar-refractivity contribution in [3.8, 4) is 0 Å². The summed E-state index contributed by atoms with van der Waals surface area (Å²) in [5, 5.41) is 7.77. The third-order valence-electron chi connectivity index (χ3n) is 5.87. The van der Waals surface area contributed by atoms with Gasteiger partial charge in [0, 0.05) is 30.7 Å². The minimum Gasteiger partial charge on any atom is -0.365 e. The van der Waals surface area contributed by atoms with Gasteiger partial charge >= 0.3 is 0 Å². The number of anilines is 1. The molecule has 0 aromatic carbocycles. The number of pyridine rings is 1. The number of hydrogen-bond acceptors (Lipinski definition) is 5. The summed E-state index contributed by atoms with van der Waals surface area (Å²) in [5.74, 6) is 2.15. The zero-order valence-corrected chi connectivity index (χ0v) is 19.4. The molecule has 0 unspecified atom stereocenters. The fraction of sp³-hybridized carbons (Fsp3) is 0.542. The van der Waals surface area contributed by atoms with Gasteiger partial charge < -0.3 is 14.7 Å². The first-order chi connectivity index (χ1) is 14.7. The Kier molecular flexibility index (Phi) is 5.54. The minimum absolute atomic E-state index is 0.0314. The largest absolute Gasteiger partial charge is 0.365 e. The summed E-state index contributed by atoms with van der Waals surface area (Å²) in [4.78, 5) is 20.1. The van der Waals surface area contributed by atoms with Crippen molar-refractivity contribution in [2.24, 2.45) is 0 Å². The van der Waals surface area contributed by atoms with Gasteiger partial charge in [-0.25, -0.2) is 4.98 Å². The van der Waals surface area contributed by atoms with E-state index in [-0.39, 0.29) is 17.4 Å². The number of amides is 1.